The normalized spacial score (nSPS) is 11.2. The van der Waals surface area contributed by atoms with E-state index in [-0.39, 0.29) is 4.90 Å². The molecular weight excluding hydrogens is 354 g/mol. The predicted octanol–water partition coefficient (Wildman–Crippen LogP) is 3.96. The second kappa shape index (κ2) is 6.49. The highest BCUT2D eigenvalue weighted by molar-refractivity contribution is 9.10. The zero-order chi connectivity index (χ0) is 15.5. The smallest absolute Gasteiger partial charge is 0.262 e. The van der Waals surface area contributed by atoms with E-state index in [9.17, 15) is 8.42 Å². The van der Waals surface area contributed by atoms with Crippen LogP contribution >= 0.6 is 15.9 Å². The van der Waals surface area contributed by atoms with Crippen molar-refractivity contribution in [1.82, 2.24) is 0 Å². The molecule has 1 N–H and O–H groups in total. The number of sulfonamides is 1. The largest absolute Gasteiger partial charge is 0.492 e. The Morgan fingerprint density at radius 1 is 1.14 bits per heavy atom. The highest BCUT2D eigenvalue weighted by Gasteiger charge is 2.16. The molecule has 2 aromatic carbocycles. The lowest BCUT2D eigenvalue weighted by molar-refractivity contribution is 0.342. The molecule has 0 fully saturated rings. The molecule has 2 rings (SSSR count). The van der Waals surface area contributed by atoms with Crippen molar-refractivity contribution in [3.8, 4) is 5.75 Å². The maximum atomic E-state index is 12.4. The number of rotatable bonds is 5. The average molecular weight is 370 g/mol. The maximum absolute atomic E-state index is 12.4. The van der Waals surface area contributed by atoms with Gasteiger partial charge in [0.05, 0.1) is 17.2 Å². The molecule has 0 unspecified atom stereocenters. The van der Waals surface area contributed by atoms with Gasteiger partial charge in [-0.1, -0.05) is 33.6 Å². The van der Waals surface area contributed by atoms with Crippen molar-refractivity contribution in [2.45, 2.75) is 18.7 Å². The number of halogens is 1. The lowest BCUT2D eigenvalue weighted by Gasteiger charge is -2.13. The van der Waals surface area contributed by atoms with Crippen molar-refractivity contribution in [3.05, 3.63) is 52.5 Å². The van der Waals surface area contributed by atoms with Crippen LogP contribution in [0.15, 0.2) is 51.8 Å². The van der Waals surface area contributed by atoms with E-state index in [4.69, 9.17) is 4.74 Å². The molecule has 0 amide bonds. The second-order valence-corrected chi connectivity index (χ2v) is 7.09. The summed E-state index contributed by atoms with van der Waals surface area (Å²) < 4.78 is 33.6. The van der Waals surface area contributed by atoms with Crippen LogP contribution in [0.3, 0.4) is 0 Å². The number of aryl methyl sites for hydroxylation is 1. The summed E-state index contributed by atoms with van der Waals surface area (Å²) in [6.45, 7) is 4.21. The minimum Gasteiger partial charge on any atom is -0.492 e. The topological polar surface area (TPSA) is 55.4 Å². The molecule has 0 aliphatic heterocycles. The maximum Gasteiger partial charge on any atom is 0.262 e. The van der Waals surface area contributed by atoms with E-state index in [1.807, 2.05) is 13.8 Å². The van der Waals surface area contributed by atoms with Gasteiger partial charge in [0.15, 0.2) is 0 Å². The summed E-state index contributed by atoms with van der Waals surface area (Å²) in [4.78, 5) is 0.218. The molecule has 2 aromatic rings. The Balaban J connectivity index is 2.36. The van der Waals surface area contributed by atoms with Crippen LogP contribution in [-0.2, 0) is 10.0 Å². The zero-order valence-corrected chi connectivity index (χ0v) is 14.2. The fraction of sp³-hybridized carbons (Fsp3) is 0.200. The van der Waals surface area contributed by atoms with Crippen LogP contribution in [0, 0.1) is 6.92 Å². The molecule has 4 nitrogen and oxygen atoms in total. The molecular formula is C15H16BrNO3S. The van der Waals surface area contributed by atoms with Gasteiger partial charge in [-0.05, 0) is 44.2 Å². The van der Waals surface area contributed by atoms with Crippen molar-refractivity contribution in [1.29, 1.82) is 0 Å². The molecule has 0 aliphatic carbocycles. The molecule has 0 aromatic heterocycles. The highest BCUT2D eigenvalue weighted by atomic mass is 79.9. The number of benzene rings is 2. The minimum atomic E-state index is -3.64. The van der Waals surface area contributed by atoms with Gasteiger partial charge in [0.2, 0.25) is 0 Å². The fourth-order valence-corrected chi connectivity index (χ4v) is 3.21. The van der Waals surface area contributed by atoms with Crippen LogP contribution in [0.5, 0.6) is 5.75 Å². The third kappa shape index (κ3) is 3.98. The summed E-state index contributed by atoms with van der Waals surface area (Å²) in [5, 5.41) is 0. The molecule has 0 heterocycles. The van der Waals surface area contributed by atoms with Gasteiger partial charge in [-0.25, -0.2) is 8.42 Å². The molecule has 0 spiro atoms. The quantitative estimate of drug-likeness (QED) is 0.867. The van der Waals surface area contributed by atoms with Crippen LogP contribution < -0.4 is 9.46 Å². The Morgan fingerprint density at radius 2 is 1.81 bits per heavy atom. The van der Waals surface area contributed by atoms with Gasteiger partial charge in [0.25, 0.3) is 10.0 Å². The summed E-state index contributed by atoms with van der Waals surface area (Å²) in [6.07, 6.45) is 0. The Bertz CT molecular complexity index is 727. The first-order chi connectivity index (χ1) is 9.92. The van der Waals surface area contributed by atoms with Crippen LogP contribution in [0.2, 0.25) is 0 Å². The number of anilines is 1. The third-order valence-electron chi connectivity index (χ3n) is 2.82. The zero-order valence-electron chi connectivity index (χ0n) is 11.8. The van der Waals surface area contributed by atoms with Gasteiger partial charge >= 0.3 is 0 Å². The van der Waals surface area contributed by atoms with Crippen LogP contribution in [0.25, 0.3) is 0 Å². The van der Waals surface area contributed by atoms with Crippen molar-refractivity contribution in [2.75, 3.05) is 11.3 Å². The van der Waals surface area contributed by atoms with Crippen molar-refractivity contribution >= 4 is 31.6 Å². The minimum absolute atomic E-state index is 0.218. The summed E-state index contributed by atoms with van der Waals surface area (Å²) >= 11 is 3.33. The summed E-state index contributed by atoms with van der Waals surface area (Å²) in [7, 11) is -3.64. The Morgan fingerprint density at radius 3 is 2.43 bits per heavy atom. The lowest BCUT2D eigenvalue weighted by atomic mass is 10.2. The van der Waals surface area contributed by atoms with Gasteiger partial charge in [-0.3, -0.25) is 4.72 Å². The number of hydrogen-bond acceptors (Lipinski definition) is 3. The number of nitrogens with one attached hydrogen (secondary N) is 1. The van der Waals surface area contributed by atoms with Crippen LogP contribution in [-0.4, -0.2) is 15.0 Å². The van der Waals surface area contributed by atoms with E-state index in [1.54, 1.807) is 42.5 Å². The molecule has 0 saturated carbocycles. The van der Waals surface area contributed by atoms with E-state index < -0.39 is 10.0 Å². The van der Waals surface area contributed by atoms with Crippen LogP contribution in [0.4, 0.5) is 5.69 Å². The molecule has 0 radical (unpaired) electrons. The number of hydrogen-bond donors (Lipinski definition) is 1. The third-order valence-corrected chi connectivity index (χ3v) is 4.69. The fourth-order valence-electron chi connectivity index (χ4n) is 1.78. The summed E-state index contributed by atoms with van der Waals surface area (Å²) in [6, 6.07) is 11.9. The monoisotopic (exact) mass is 369 g/mol. The Labute approximate surface area is 133 Å². The van der Waals surface area contributed by atoms with Crippen molar-refractivity contribution < 1.29 is 13.2 Å². The molecule has 0 aliphatic rings. The first kappa shape index (κ1) is 15.9. The van der Waals surface area contributed by atoms with Gasteiger partial charge in [0, 0.05) is 4.47 Å². The molecule has 6 heteroatoms. The predicted molar refractivity (Wildman–Crippen MR) is 87.3 cm³/mol. The number of ether oxygens (including phenoxy) is 1. The van der Waals surface area contributed by atoms with E-state index in [1.165, 1.54) is 0 Å². The highest BCUT2D eigenvalue weighted by Crippen LogP contribution is 2.30. The average Bonchev–Trinajstić information content (AvgIpc) is 2.42. The van der Waals surface area contributed by atoms with Crippen LogP contribution in [0.1, 0.15) is 12.5 Å². The summed E-state index contributed by atoms with van der Waals surface area (Å²) in [5.41, 5.74) is 1.42. The second-order valence-electron chi connectivity index (χ2n) is 4.49. The van der Waals surface area contributed by atoms with Crippen molar-refractivity contribution in [2.24, 2.45) is 0 Å². The van der Waals surface area contributed by atoms with E-state index in [0.717, 1.165) is 10.0 Å². The lowest BCUT2D eigenvalue weighted by Crippen LogP contribution is -2.14. The van der Waals surface area contributed by atoms with Gasteiger partial charge < -0.3 is 4.74 Å². The Hall–Kier alpha value is -1.53. The first-order valence-electron chi connectivity index (χ1n) is 6.44. The standard InChI is InChI=1S/C15H16BrNO3S/c1-3-20-15-9-6-12(16)10-14(15)17-21(18,19)13-7-4-11(2)5-8-13/h4-10,17H,3H2,1-2H3. The molecule has 112 valence electrons. The van der Waals surface area contributed by atoms with E-state index >= 15 is 0 Å². The van der Waals surface area contributed by atoms with Gasteiger partial charge in [-0.15, -0.1) is 0 Å². The SMILES string of the molecule is CCOc1ccc(Br)cc1NS(=O)(=O)c1ccc(C)cc1. The first-order valence-corrected chi connectivity index (χ1v) is 8.72. The molecule has 0 saturated heterocycles. The van der Waals surface area contributed by atoms with Gasteiger partial charge in [0.1, 0.15) is 5.75 Å². The van der Waals surface area contributed by atoms with Crippen molar-refractivity contribution in [3.63, 3.8) is 0 Å². The van der Waals surface area contributed by atoms with E-state index in [2.05, 4.69) is 20.7 Å². The Kier molecular flexibility index (Phi) is 4.90. The van der Waals surface area contributed by atoms with Gasteiger partial charge in [-0.2, -0.15) is 0 Å². The summed E-state index contributed by atoms with van der Waals surface area (Å²) in [5.74, 6) is 0.497. The molecule has 0 atom stereocenters. The molecule has 0 bridgehead atoms. The molecule has 21 heavy (non-hydrogen) atoms. The van der Waals surface area contributed by atoms with E-state index in [0.29, 0.717) is 18.0 Å².